The highest BCUT2D eigenvalue weighted by Crippen LogP contribution is 2.09. The van der Waals surface area contributed by atoms with Gasteiger partial charge in [0.05, 0.1) is 12.7 Å². The molecule has 2 N–H and O–H groups in total. The van der Waals surface area contributed by atoms with E-state index in [0.29, 0.717) is 12.3 Å². The quantitative estimate of drug-likeness (QED) is 0.767. The van der Waals surface area contributed by atoms with Gasteiger partial charge in [-0.15, -0.1) is 0 Å². The second-order valence-electron chi connectivity index (χ2n) is 7.07. The summed E-state index contributed by atoms with van der Waals surface area (Å²) in [6.07, 6.45) is 0.661. The molecule has 134 valence electrons. The van der Waals surface area contributed by atoms with Crippen LogP contribution in [0.1, 0.15) is 27.2 Å². The summed E-state index contributed by atoms with van der Waals surface area (Å²) in [5.74, 6) is 0.713. The van der Waals surface area contributed by atoms with E-state index in [0.717, 1.165) is 38.5 Å². The molecule has 1 aliphatic heterocycles. The van der Waals surface area contributed by atoms with Crippen molar-refractivity contribution in [3.63, 3.8) is 0 Å². The van der Waals surface area contributed by atoms with Gasteiger partial charge in [-0.1, -0.05) is 32.0 Å². The van der Waals surface area contributed by atoms with Crippen molar-refractivity contribution in [1.29, 1.82) is 0 Å². The summed E-state index contributed by atoms with van der Waals surface area (Å²) in [5, 5.41) is 6.35. The van der Waals surface area contributed by atoms with Crippen LogP contribution in [0.25, 0.3) is 0 Å². The zero-order valence-corrected chi connectivity index (χ0v) is 15.1. The number of nitrogens with one attached hydrogen (secondary N) is 2. The predicted molar refractivity (Wildman–Crippen MR) is 98.2 cm³/mol. The largest absolute Gasteiger partial charge is 0.374 e. The lowest BCUT2D eigenvalue weighted by Crippen LogP contribution is -2.49. The number of nitrogens with zero attached hydrogens (tertiary/aromatic N) is 1. The molecule has 24 heavy (non-hydrogen) atoms. The fourth-order valence-corrected chi connectivity index (χ4v) is 3.00. The summed E-state index contributed by atoms with van der Waals surface area (Å²) in [4.78, 5) is 14.5. The standard InChI is InChI=1S/C19H31N3O2/c1-15(2)13-22-9-10-24-18(14-22)12-20-16(3)11-19(23)21-17-7-5-4-6-8-17/h4-8,15-16,18,20H,9-14H2,1-3H3,(H,21,23)/t16-,18-/m1/s1. The molecule has 1 aromatic rings. The Morgan fingerprint density at radius 2 is 2.04 bits per heavy atom. The Balaban J connectivity index is 1.67. The van der Waals surface area contributed by atoms with Gasteiger partial charge < -0.3 is 15.4 Å². The Bertz CT molecular complexity index is 493. The minimum Gasteiger partial charge on any atom is -0.374 e. The second kappa shape index (κ2) is 9.77. The predicted octanol–water partition coefficient (Wildman–Crippen LogP) is 2.35. The van der Waals surface area contributed by atoms with Crippen molar-refractivity contribution in [3.05, 3.63) is 30.3 Å². The molecule has 0 aromatic heterocycles. The molecule has 1 aliphatic rings. The molecule has 0 unspecified atom stereocenters. The summed E-state index contributed by atoms with van der Waals surface area (Å²) in [7, 11) is 0. The molecule has 0 radical (unpaired) electrons. The first-order valence-electron chi connectivity index (χ1n) is 8.95. The number of amides is 1. The first-order chi connectivity index (χ1) is 11.5. The number of carbonyl (C=O) groups excluding carboxylic acids is 1. The van der Waals surface area contributed by atoms with E-state index in [1.807, 2.05) is 37.3 Å². The van der Waals surface area contributed by atoms with Gasteiger partial charge in [-0.3, -0.25) is 9.69 Å². The number of ether oxygens (including phenoxy) is 1. The molecule has 0 spiro atoms. The molecule has 0 bridgehead atoms. The van der Waals surface area contributed by atoms with E-state index < -0.39 is 0 Å². The Labute approximate surface area is 145 Å². The number of anilines is 1. The van der Waals surface area contributed by atoms with Crippen molar-refractivity contribution < 1.29 is 9.53 Å². The van der Waals surface area contributed by atoms with Gasteiger partial charge in [0.1, 0.15) is 0 Å². The fraction of sp³-hybridized carbons (Fsp3) is 0.632. The van der Waals surface area contributed by atoms with Gasteiger partial charge in [0.25, 0.3) is 0 Å². The van der Waals surface area contributed by atoms with Gasteiger partial charge in [-0.25, -0.2) is 0 Å². The van der Waals surface area contributed by atoms with Crippen LogP contribution in [0.2, 0.25) is 0 Å². The Morgan fingerprint density at radius 3 is 2.75 bits per heavy atom. The molecule has 1 fully saturated rings. The molecule has 2 atom stereocenters. The Morgan fingerprint density at radius 1 is 1.29 bits per heavy atom. The summed E-state index contributed by atoms with van der Waals surface area (Å²) >= 11 is 0. The molecule has 1 saturated heterocycles. The van der Waals surface area contributed by atoms with Gasteiger partial charge in [-0.2, -0.15) is 0 Å². The minimum atomic E-state index is 0.0344. The van der Waals surface area contributed by atoms with Crippen LogP contribution in [0.5, 0.6) is 0 Å². The van der Waals surface area contributed by atoms with Crippen molar-refractivity contribution in [3.8, 4) is 0 Å². The van der Waals surface area contributed by atoms with Crippen LogP contribution >= 0.6 is 0 Å². The fourth-order valence-electron chi connectivity index (χ4n) is 3.00. The average Bonchev–Trinajstić information content (AvgIpc) is 2.53. The maximum Gasteiger partial charge on any atom is 0.225 e. The molecule has 0 saturated carbocycles. The number of rotatable bonds is 8. The highest BCUT2D eigenvalue weighted by atomic mass is 16.5. The van der Waals surface area contributed by atoms with E-state index in [2.05, 4.69) is 29.4 Å². The van der Waals surface area contributed by atoms with Crippen LogP contribution < -0.4 is 10.6 Å². The van der Waals surface area contributed by atoms with E-state index in [9.17, 15) is 4.79 Å². The van der Waals surface area contributed by atoms with Crippen LogP contribution in [-0.4, -0.2) is 55.7 Å². The van der Waals surface area contributed by atoms with Crippen LogP contribution in [-0.2, 0) is 9.53 Å². The third kappa shape index (κ3) is 6.99. The first-order valence-corrected chi connectivity index (χ1v) is 8.95. The van der Waals surface area contributed by atoms with E-state index in [1.165, 1.54) is 0 Å². The minimum absolute atomic E-state index is 0.0344. The van der Waals surface area contributed by atoms with Crippen molar-refractivity contribution in [1.82, 2.24) is 10.2 Å². The number of hydrogen-bond acceptors (Lipinski definition) is 4. The van der Waals surface area contributed by atoms with E-state index >= 15 is 0 Å². The number of morpholine rings is 1. The lowest BCUT2D eigenvalue weighted by Gasteiger charge is -2.34. The topological polar surface area (TPSA) is 53.6 Å². The summed E-state index contributed by atoms with van der Waals surface area (Å²) in [5.41, 5.74) is 0.842. The average molecular weight is 333 g/mol. The third-order valence-electron chi connectivity index (χ3n) is 4.09. The van der Waals surface area contributed by atoms with Gasteiger partial charge in [0.2, 0.25) is 5.91 Å². The number of benzene rings is 1. The molecule has 5 nitrogen and oxygen atoms in total. The third-order valence-corrected chi connectivity index (χ3v) is 4.09. The zero-order valence-electron chi connectivity index (χ0n) is 15.1. The molecule has 1 amide bonds. The molecule has 1 aromatic carbocycles. The maximum atomic E-state index is 12.1. The van der Waals surface area contributed by atoms with Crippen molar-refractivity contribution in [2.24, 2.45) is 5.92 Å². The SMILES string of the molecule is CC(C)CN1CCO[C@H](CN[C@H](C)CC(=O)Nc2ccccc2)C1. The second-order valence-corrected chi connectivity index (χ2v) is 7.07. The van der Waals surface area contributed by atoms with Crippen LogP contribution in [0.4, 0.5) is 5.69 Å². The molecule has 1 heterocycles. The normalized spacial score (nSPS) is 20.1. The maximum absolute atomic E-state index is 12.1. The van der Waals surface area contributed by atoms with Gasteiger partial charge in [0, 0.05) is 44.3 Å². The molecule has 5 heteroatoms. The molecular formula is C19H31N3O2. The monoisotopic (exact) mass is 333 g/mol. The van der Waals surface area contributed by atoms with Crippen LogP contribution in [0.15, 0.2) is 30.3 Å². The Kier molecular flexibility index (Phi) is 7.69. The van der Waals surface area contributed by atoms with Gasteiger partial charge >= 0.3 is 0 Å². The van der Waals surface area contributed by atoms with Crippen molar-refractivity contribution >= 4 is 11.6 Å². The van der Waals surface area contributed by atoms with Crippen molar-refractivity contribution in [2.75, 3.05) is 38.1 Å². The molecule has 0 aliphatic carbocycles. The number of hydrogen-bond donors (Lipinski definition) is 2. The van der Waals surface area contributed by atoms with Crippen molar-refractivity contribution in [2.45, 2.75) is 39.3 Å². The summed E-state index contributed by atoms with van der Waals surface area (Å²) in [6.45, 7) is 11.2. The lowest BCUT2D eigenvalue weighted by atomic mass is 10.1. The summed E-state index contributed by atoms with van der Waals surface area (Å²) < 4.78 is 5.84. The number of para-hydroxylation sites is 1. The van der Waals surface area contributed by atoms with Gasteiger partial charge in [0.15, 0.2) is 0 Å². The zero-order chi connectivity index (χ0) is 17.4. The highest BCUT2D eigenvalue weighted by molar-refractivity contribution is 5.90. The molecule has 2 rings (SSSR count). The first kappa shape index (κ1) is 18.9. The van der Waals surface area contributed by atoms with Crippen LogP contribution in [0, 0.1) is 5.92 Å². The molecular weight excluding hydrogens is 302 g/mol. The van der Waals surface area contributed by atoms with Crippen LogP contribution in [0.3, 0.4) is 0 Å². The lowest BCUT2D eigenvalue weighted by molar-refractivity contribution is -0.116. The van der Waals surface area contributed by atoms with Gasteiger partial charge in [-0.05, 0) is 25.0 Å². The Hall–Kier alpha value is -1.43. The smallest absolute Gasteiger partial charge is 0.225 e. The van der Waals surface area contributed by atoms with E-state index in [4.69, 9.17) is 4.74 Å². The summed E-state index contributed by atoms with van der Waals surface area (Å²) in [6, 6.07) is 9.69. The van der Waals surface area contributed by atoms with E-state index in [-0.39, 0.29) is 18.1 Å². The highest BCUT2D eigenvalue weighted by Gasteiger charge is 2.21. The van der Waals surface area contributed by atoms with E-state index in [1.54, 1.807) is 0 Å². The number of carbonyl (C=O) groups is 1.